The molecule has 136 valence electrons. The molecule has 0 amide bonds. The van der Waals surface area contributed by atoms with Crippen molar-refractivity contribution >= 4 is 5.69 Å². The first-order valence-electron chi connectivity index (χ1n) is 8.53. The Hall–Kier alpha value is -2.86. The van der Waals surface area contributed by atoms with E-state index in [1.165, 1.54) is 0 Å². The lowest BCUT2D eigenvalue weighted by Gasteiger charge is -2.12. The fourth-order valence-corrected chi connectivity index (χ4v) is 2.48. The number of hydrogen-bond acceptors (Lipinski definition) is 6. The second kappa shape index (κ2) is 8.01. The number of anilines is 1. The van der Waals surface area contributed by atoms with Gasteiger partial charge in [-0.3, -0.25) is 0 Å². The van der Waals surface area contributed by atoms with E-state index in [-0.39, 0.29) is 0 Å². The van der Waals surface area contributed by atoms with Crippen LogP contribution >= 0.6 is 0 Å². The van der Waals surface area contributed by atoms with Crippen LogP contribution in [-0.2, 0) is 0 Å². The lowest BCUT2D eigenvalue weighted by molar-refractivity contribution is 0.261. The van der Waals surface area contributed by atoms with Crippen LogP contribution in [0.5, 0.6) is 5.75 Å². The first kappa shape index (κ1) is 17.9. The van der Waals surface area contributed by atoms with Gasteiger partial charge in [0.25, 0.3) is 5.89 Å². The summed E-state index contributed by atoms with van der Waals surface area (Å²) in [5.74, 6) is 1.76. The largest absolute Gasteiger partial charge is 0.491 e. The number of hydrogen-bond donors (Lipinski definition) is 0. The van der Waals surface area contributed by atoms with Crippen molar-refractivity contribution in [2.45, 2.75) is 0 Å². The molecule has 3 rings (SSSR count). The van der Waals surface area contributed by atoms with Gasteiger partial charge in [-0.05, 0) is 38.4 Å². The fraction of sp³-hybridized carbons (Fsp3) is 0.300. The molecule has 0 atom stereocenters. The Balaban J connectivity index is 1.85. The van der Waals surface area contributed by atoms with Gasteiger partial charge in [0.15, 0.2) is 0 Å². The van der Waals surface area contributed by atoms with E-state index in [0.717, 1.165) is 29.1 Å². The molecule has 0 unspecified atom stereocenters. The molecular weight excluding hydrogens is 328 g/mol. The van der Waals surface area contributed by atoms with Crippen molar-refractivity contribution in [2.75, 3.05) is 46.2 Å². The van der Waals surface area contributed by atoms with E-state index in [9.17, 15) is 0 Å². The van der Waals surface area contributed by atoms with Crippen LogP contribution in [0.3, 0.4) is 0 Å². The number of likely N-dealkylation sites (N-methyl/N-ethyl adjacent to an activating group) is 1. The van der Waals surface area contributed by atoms with Crippen molar-refractivity contribution in [1.29, 1.82) is 0 Å². The predicted molar refractivity (Wildman–Crippen MR) is 104 cm³/mol. The molecule has 1 heterocycles. The minimum Gasteiger partial charge on any atom is -0.491 e. The smallest absolute Gasteiger partial charge is 0.262 e. The van der Waals surface area contributed by atoms with Crippen molar-refractivity contribution < 1.29 is 9.26 Å². The van der Waals surface area contributed by atoms with Crippen molar-refractivity contribution in [3.63, 3.8) is 0 Å². The summed E-state index contributed by atoms with van der Waals surface area (Å²) in [4.78, 5) is 8.68. The molecule has 3 aromatic rings. The monoisotopic (exact) mass is 352 g/mol. The van der Waals surface area contributed by atoms with Gasteiger partial charge in [0.05, 0.1) is 5.56 Å². The summed E-state index contributed by atoms with van der Waals surface area (Å²) in [6.45, 7) is 1.43. The normalized spacial score (nSPS) is 11.0. The lowest BCUT2D eigenvalue weighted by Crippen LogP contribution is -2.19. The number of aromatic nitrogens is 2. The molecular formula is C20H24N4O2. The zero-order chi connectivity index (χ0) is 18.5. The molecule has 0 aliphatic heterocycles. The summed E-state index contributed by atoms with van der Waals surface area (Å²) >= 11 is 0. The molecule has 6 nitrogen and oxygen atoms in total. The van der Waals surface area contributed by atoms with Crippen LogP contribution in [0.15, 0.2) is 53.1 Å². The van der Waals surface area contributed by atoms with Crippen molar-refractivity contribution in [3.8, 4) is 28.6 Å². The third-order valence-electron chi connectivity index (χ3n) is 3.96. The van der Waals surface area contributed by atoms with E-state index in [2.05, 4.69) is 15.0 Å². The van der Waals surface area contributed by atoms with Crippen LogP contribution in [0.1, 0.15) is 0 Å². The van der Waals surface area contributed by atoms with Gasteiger partial charge in [-0.15, -0.1) is 0 Å². The summed E-state index contributed by atoms with van der Waals surface area (Å²) < 4.78 is 11.4. The highest BCUT2D eigenvalue weighted by molar-refractivity contribution is 5.67. The van der Waals surface area contributed by atoms with Crippen LogP contribution in [0.2, 0.25) is 0 Å². The Bertz CT molecular complexity index is 858. The zero-order valence-corrected chi connectivity index (χ0v) is 15.6. The molecule has 26 heavy (non-hydrogen) atoms. The molecule has 0 N–H and O–H groups in total. The second-order valence-corrected chi connectivity index (χ2v) is 6.52. The summed E-state index contributed by atoms with van der Waals surface area (Å²) in [5.41, 5.74) is 2.80. The third kappa shape index (κ3) is 4.21. The summed E-state index contributed by atoms with van der Waals surface area (Å²) in [6.07, 6.45) is 0. The van der Waals surface area contributed by atoms with E-state index in [1.54, 1.807) is 0 Å². The molecule has 0 fully saturated rings. The molecule has 0 aliphatic rings. The van der Waals surface area contributed by atoms with E-state index < -0.39 is 0 Å². The van der Waals surface area contributed by atoms with Gasteiger partial charge < -0.3 is 19.1 Å². The Labute approximate surface area is 154 Å². The minimum atomic E-state index is 0.454. The first-order chi connectivity index (χ1) is 12.5. The molecule has 1 aromatic heterocycles. The molecule has 0 saturated carbocycles. The quantitative estimate of drug-likeness (QED) is 0.649. The van der Waals surface area contributed by atoms with Gasteiger partial charge in [0, 0.05) is 31.9 Å². The van der Waals surface area contributed by atoms with Gasteiger partial charge in [-0.1, -0.05) is 29.4 Å². The van der Waals surface area contributed by atoms with Crippen LogP contribution in [0.4, 0.5) is 5.69 Å². The van der Waals surface area contributed by atoms with Crippen LogP contribution in [-0.4, -0.2) is 56.4 Å². The van der Waals surface area contributed by atoms with E-state index in [0.29, 0.717) is 18.3 Å². The summed E-state index contributed by atoms with van der Waals surface area (Å²) in [5, 5.41) is 4.14. The maximum atomic E-state index is 5.89. The fourth-order valence-electron chi connectivity index (χ4n) is 2.48. The Kier molecular flexibility index (Phi) is 5.53. The first-order valence-corrected chi connectivity index (χ1v) is 8.53. The topological polar surface area (TPSA) is 54.6 Å². The van der Waals surface area contributed by atoms with E-state index in [1.807, 2.05) is 81.6 Å². The SMILES string of the molecule is CN(C)CCOc1ccccc1-c1nc(-c2cccc(N(C)C)c2)no1. The molecule has 0 saturated heterocycles. The predicted octanol–water partition coefficient (Wildman–Crippen LogP) is 3.41. The van der Waals surface area contributed by atoms with Crippen LogP contribution in [0.25, 0.3) is 22.8 Å². The number of rotatable bonds is 7. The number of ether oxygens (including phenoxy) is 1. The summed E-state index contributed by atoms with van der Waals surface area (Å²) in [7, 11) is 8.03. The van der Waals surface area contributed by atoms with Gasteiger partial charge >= 0.3 is 0 Å². The van der Waals surface area contributed by atoms with Crippen molar-refractivity contribution in [2.24, 2.45) is 0 Å². The standard InChI is InChI=1S/C20H24N4O2/c1-23(2)12-13-25-18-11-6-5-10-17(18)20-21-19(22-26-20)15-8-7-9-16(14-15)24(3)4/h5-11,14H,12-13H2,1-4H3. The molecule has 0 radical (unpaired) electrons. The van der Waals surface area contributed by atoms with Gasteiger partial charge in [-0.2, -0.15) is 4.98 Å². The Morgan fingerprint density at radius 3 is 2.58 bits per heavy atom. The Morgan fingerprint density at radius 2 is 1.81 bits per heavy atom. The van der Waals surface area contributed by atoms with Crippen molar-refractivity contribution in [1.82, 2.24) is 15.0 Å². The molecule has 6 heteroatoms. The van der Waals surface area contributed by atoms with Crippen molar-refractivity contribution in [3.05, 3.63) is 48.5 Å². The van der Waals surface area contributed by atoms with E-state index in [4.69, 9.17) is 9.26 Å². The maximum absolute atomic E-state index is 5.89. The van der Waals surface area contributed by atoms with Crippen LogP contribution in [0, 0.1) is 0 Å². The highest BCUT2D eigenvalue weighted by Crippen LogP contribution is 2.30. The molecule has 0 spiro atoms. The molecule has 0 aliphatic carbocycles. The zero-order valence-electron chi connectivity index (χ0n) is 15.6. The average molecular weight is 352 g/mol. The minimum absolute atomic E-state index is 0.454. The number of para-hydroxylation sites is 1. The molecule has 0 bridgehead atoms. The number of nitrogens with zero attached hydrogens (tertiary/aromatic N) is 4. The van der Waals surface area contributed by atoms with Gasteiger partial charge in [0.1, 0.15) is 12.4 Å². The summed E-state index contributed by atoms with van der Waals surface area (Å²) in [6, 6.07) is 15.8. The van der Waals surface area contributed by atoms with Gasteiger partial charge in [0.2, 0.25) is 5.82 Å². The highest BCUT2D eigenvalue weighted by Gasteiger charge is 2.15. The Morgan fingerprint density at radius 1 is 1.00 bits per heavy atom. The lowest BCUT2D eigenvalue weighted by atomic mass is 10.1. The second-order valence-electron chi connectivity index (χ2n) is 6.52. The van der Waals surface area contributed by atoms with Crippen LogP contribution < -0.4 is 9.64 Å². The van der Waals surface area contributed by atoms with Gasteiger partial charge in [-0.25, -0.2) is 0 Å². The highest BCUT2D eigenvalue weighted by atomic mass is 16.5. The third-order valence-corrected chi connectivity index (χ3v) is 3.96. The van der Waals surface area contributed by atoms with E-state index >= 15 is 0 Å². The number of benzene rings is 2. The molecule has 2 aromatic carbocycles. The maximum Gasteiger partial charge on any atom is 0.262 e. The average Bonchev–Trinajstić information content (AvgIpc) is 3.12.